The van der Waals surface area contributed by atoms with Gasteiger partial charge in [0.25, 0.3) is 0 Å². The highest BCUT2D eigenvalue weighted by Crippen LogP contribution is 2.35. The van der Waals surface area contributed by atoms with E-state index >= 15 is 0 Å². The first-order chi connectivity index (χ1) is 11.6. The van der Waals surface area contributed by atoms with Gasteiger partial charge in [-0.1, -0.05) is 50.3 Å². The molecule has 0 fully saturated rings. The third kappa shape index (κ3) is 3.19. The third-order valence-electron chi connectivity index (χ3n) is 4.57. The van der Waals surface area contributed by atoms with Gasteiger partial charge in [0.2, 0.25) is 0 Å². The molecule has 1 aliphatic rings. The molecular weight excluding hydrogens is 296 g/mol. The molecule has 0 aliphatic carbocycles. The van der Waals surface area contributed by atoms with Crippen LogP contribution in [0.4, 0.5) is 0 Å². The molecule has 0 radical (unpaired) electrons. The van der Waals surface area contributed by atoms with Crippen molar-refractivity contribution < 1.29 is 0 Å². The first-order valence-electron chi connectivity index (χ1n) is 8.03. The molecule has 24 heavy (non-hydrogen) atoms. The van der Waals surface area contributed by atoms with Crippen LogP contribution in [0.15, 0.2) is 57.8 Å². The standard InChI is InChI=1S/C20H20N4/c1-4-20(5-2)15(3)23-17(13-21)18(14-22)24-19(20)12-11-16-9-7-6-8-10-16/h6-12H,4-5H2,1-3H3. The fourth-order valence-corrected chi connectivity index (χ4v) is 3.01. The molecule has 0 bridgehead atoms. The van der Waals surface area contributed by atoms with Crippen molar-refractivity contribution in [1.82, 2.24) is 0 Å². The van der Waals surface area contributed by atoms with Crippen molar-refractivity contribution in [2.75, 3.05) is 0 Å². The van der Waals surface area contributed by atoms with Gasteiger partial charge in [0.15, 0.2) is 11.4 Å². The van der Waals surface area contributed by atoms with E-state index in [9.17, 15) is 10.5 Å². The Morgan fingerprint density at radius 1 is 0.958 bits per heavy atom. The Morgan fingerprint density at radius 2 is 1.54 bits per heavy atom. The first kappa shape index (κ1) is 17.4. The van der Waals surface area contributed by atoms with E-state index in [4.69, 9.17) is 0 Å². The van der Waals surface area contributed by atoms with E-state index < -0.39 is 0 Å². The highest BCUT2D eigenvalue weighted by Gasteiger charge is 2.36. The van der Waals surface area contributed by atoms with Crippen LogP contribution in [0.2, 0.25) is 0 Å². The van der Waals surface area contributed by atoms with Crippen molar-refractivity contribution in [1.29, 1.82) is 10.5 Å². The van der Waals surface area contributed by atoms with Gasteiger partial charge in [-0.2, -0.15) is 10.5 Å². The maximum absolute atomic E-state index is 9.36. The van der Waals surface area contributed by atoms with Crippen molar-refractivity contribution in [3.63, 3.8) is 0 Å². The average molecular weight is 316 g/mol. The quantitative estimate of drug-likeness (QED) is 0.809. The van der Waals surface area contributed by atoms with Crippen LogP contribution in [0, 0.1) is 28.1 Å². The molecule has 1 heterocycles. The molecule has 1 aliphatic heterocycles. The summed E-state index contributed by atoms with van der Waals surface area (Å²) in [5.74, 6) is 0. The van der Waals surface area contributed by atoms with E-state index in [-0.39, 0.29) is 16.8 Å². The number of aliphatic imine (C=N–C) groups is 2. The maximum Gasteiger partial charge on any atom is 0.177 e. The first-order valence-corrected chi connectivity index (χ1v) is 8.03. The molecule has 1 aromatic rings. The Hall–Kier alpha value is -2.98. The lowest BCUT2D eigenvalue weighted by atomic mass is 9.73. The van der Waals surface area contributed by atoms with Gasteiger partial charge in [-0.15, -0.1) is 0 Å². The Morgan fingerprint density at radius 3 is 2.08 bits per heavy atom. The lowest BCUT2D eigenvalue weighted by Crippen LogP contribution is -2.35. The largest absolute Gasteiger partial charge is 0.243 e. The number of nitrogens with zero attached hydrogens (tertiary/aromatic N) is 4. The van der Waals surface area contributed by atoms with Crippen LogP contribution in [0.1, 0.15) is 39.2 Å². The van der Waals surface area contributed by atoms with Crippen LogP contribution in [-0.2, 0) is 0 Å². The summed E-state index contributed by atoms with van der Waals surface area (Å²) < 4.78 is 0. The van der Waals surface area contributed by atoms with Gasteiger partial charge in [-0.05, 0) is 31.4 Å². The van der Waals surface area contributed by atoms with E-state index in [1.807, 2.05) is 61.5 Å². The molecule has 0 aromatic heterocycles. The second kappa shape index (κ2) is 7.53. The van der Waals surface area contributed by atoms with Crippen LogP contribution in [0.5, 0.6) is 0 Å². The Balaban J connectivity index is 2.63. The molecule has 4 nitrogen and oxygen atoms in total. The van der Waals surface area contributed by atoms with Crippen molar-refractivity contribution in [3.8, 4) is 12.1 Å². The van der Waals surface area contributed by atoms with Crippen LogP contribution >= 0.6 is 0 Å². The lowest BCUT2D eigenvalue weighted by molar-refractivity contribution is 0.532. The molecule has 0 atom stereocenters. The minimum Gasteiger partial charge on any atom is -0.243 e. The van der Waals surface area contributed by atoms with Gasteiger partial charge in [-0.25, -0.2) is 9.98 Å². The summed E-state index contributed by atoms with van der Waals surface area (Å²) in [6, 6.07) is 13.9. The fraction of sp³-hybridized carbons (Fsp3) is 0.300. The SMILES string of the molecule is CCC1(CC)C(C)=NC(C#N)=C(C#N)N=C1C=Cc1ccccc1. The lowest BCUT2D eigenvalue weighted by Gasteiger charge is -2.31. The average Bonchev–Trinajstić information content (AvgIpc) is 2.74. The second-order valence-corrected chi connectivity index (χ2v) is 5.65. The summed E-state index contributed by atoms with van der Waals surface area (Å²) in [5, 5.41) is 18.7. The van der Waals surface area contributed by atoms with Gasteiger partial charge >= 0.3 is 0 Å². The van der Waals surface area contributed by atoms with E-state index in [1.54, 1.807) is 0 Å². The van der Waals surface area contributed by atoms with Gasteiger partial charge < -0.3 is 0 Å². The topological polar surface area (TPSA) is 72.3 Å². The molecule has 0 spiro atoms. The van der Waals surface area contributed by atoms with Crippen LogP contribution in [0.25, 0.3) is 6.08 Å². The van der Waals surface area contributed by atoms with Gasteiger partial charge in [0.1, 0.15) is 12.1 Å². The normalized spacial score (nSPS) is 16.9. The Labute approximate surface area is 143 Å². The molecule has 120 valence electrons. The van der Waals surface area contributed by atoms with E-state index in [0.29, 0.717) is 0 Å². The number of nitriles is 2. The maximum atomic E-state index is 9.36. The highest BCUT2D eigenvalue weighted by molar-refractivity contribution is 6.18. The third-order valence-corrected chi connectivity index (χ3v) is 4.57. The van der Waals surface area contributed by atoms with Gasteiger partial charge in [0, 0.05) is 5.71 Å². The number of rotatable bonds is 4. The van der Waals surface area contributed by atoms with Crippen LogP contribution in [-0.4, -0.2) is 11.4 Å². The number of benzene rings is 1. The summed E-state index contributed by atoms with van der Waals surface area (Å²) in [5.41, 5.74) is 2.46. The van der Waals surface area contributed by atoms with Crippen LogP contribution in [0.3, 0.4) is 0 Å². The predicted octanol–water partition coefficient (Wildman–Crippen LogP) is 4.68. The molecule has 0 saturated heterocycles. The molecule has 0 saturated carbocycles. The van der Waals surface area contributed by atoms with E-state index in [2.05, 4.69) is 23.8 Å². The zero-order valence-electron chi connectivity index (χ0n) is 14.2. The van der Waals surface area contributed by atoms with Crippen LogP contribution < -0.4 is 0 Å². The van der Waals surface area contributed by atoms with Crippen molar-refractivity contribution >= 4 is 17.5 Å². The summed E-state index contributed by atoms with van der Waals surface area (Å²) in [4.78, 5) is 8.93. The zero-order chi connectivity index (χ0) is 17.6. The summed E-state index contributed by atoms with van der Waals surface area (Å²) in [6.45, 7) is 6.08. The predicted molar refractivity (Wildman–Crippen MR) is 97.3 cm³/mol. The molecule has 4 heteroatoms. The summed E-state index contributed by atoms with van der Waals surface area (Å²) in [6.07, 6.45) is 5.53. The number of hydrogen-bond donors (Lipinski definition) is 0. The smallest absolute Gasteiger partial charge is 0.177 e. The summed E-state index contributed by atoms with van der Waals surface area (Å²) >= 11 is 0. The van der Waals surface area contributed by atoms with Gasteiger partial charge in [0.05, 0.1) is 11.1 Å². The highest BCUT2D eigenvalue weighted by atomic mass is 14.9. The minimum atomic E-state index is -0.369. The Bertz CT molecular complexity index is 807. The van der Waals surface area contributed by atoms with Gasteiger partial charge in [-0.3, -0.25) is 0 Å². The molecule has 0 N–H and O–H groups in total. The van der Waals surface area contributed by atoms with Crippen molar-refractivity contribution in [2.24, 2.45) is 15.4 Å². The fourth-order valence-electron chi connectivity index (χ4n) is 3.01. The zero-order valence-corrected chi connectivity index (χ0v) is 14.2. The second-order valence-electron chi connectivity index (χ2n) is 5.65. The molecule has 0 amide bonds. The van der Waals surface area contributed by atoms with Crippen molar-refractivity contribution in [2.45, 2.75) is 33.6 Å². The summed E-state index contributed by atoms with van der Waals surface area (Å²) in [7, 11) is 0. The van der Waals surface area contributed by atoms with E-state index in [1.165, 1.54) is 0 Å². The molecule has 1 aromatic carbocycles. The minimum absolute atomic E-state index is 0.0772. The van der Waals surface area contributed by atoms with Crippen molar-refractivity contribution in [3.05, 3.63) is 53.4 Å². The number of allylic oxidation sites excluding steroid dienone is 3. The monoisotopic (exact) mass is 316 g/mol. The Kier molecular flexibility index (Phi) is 5.45. The van der Waals surface area contributed by atoms with E-state index in [0.717, 1.165) is 29.8 Å². The molecular formula is C20H20N4. The molecule has 2 rings (SSSR count). The number of hydrogen-bond acceptors (Lipinski definition) is 4. The molecule has 0 unspecified atom stereocenters.